The van der Waals surface area contributed by atoms with E-state index in [0.29, 0.717) is 67.2 Å². The average Bonchev–Trinajstić information content (AvgIpc) is 3.68. The molecular formula is C58H60N3OPt-. The number of pyridine rings is 1. The average molecular weight is 1020 g/mol. The van der Waals surface area contributed by atoms with Gasteiger partial charge < -0.3 is 5.11 Å². The number of aromatic hydroxyl groups is 1. The normalized spacial score (nSPS) is 15.1. The molecule has 0 aliphatic carbocycles. The van der Waals surface area contributed by atoms with Crippen LogP contribution in [0.1, 0.15) is 130 Å². The first-order valence-corrected chi connectivity index (χ1v) is 21.1. The maximum Gasteiger partial charge on any atom is 0.148 e. The fourth-order valence-corrected chi connectivity index (χ4v) is 7.90. The Bertz CT molecular complexity index is 3450. The van der Waals surface area contributed by atoms with Crippen molar-refractivity contribution in [3.05, 3.63) is 167 Å². The van der Waals surface area contributed by atoms with Gasteiger partial charge in [0, 0.05) is 42.6 Å². The van der Waals surface area contributed by atoms with E-state index in [-0.39, 0.29) is 43.9 Å². The molecule has 63 heavy (non-hydrogen) atoms. The summed E-state index contributed by atoms with van der Waals surface area (Å²) in [4.78, 5) is 10.0. The fraction of sp³-hybridized carbons (Fsp3) is 0.276. The minimum Gasteiger partial charge on any atom is -0.507 e. The van der Waals surface area contributed by atoms with E-state index in [9.17, 15) is 5.11 Å². The molecule has 0 unspecified atom stereocenters. The third-order valence-electron chi connectivity index (χ3n) is 11.5. The number of nitrogens with zero attached hydrogens (tertiary/aromatic N) is 3. The van der Waals surface area contributed by atoms with Gasteiger partial charge in [0.25, 0.3) is 0 Å². The van der Waals surface area contributed by atoms with Crippen molar-refractivity contribution in [2.45, 2.75) is 106 Å². The summed E-state index contributed by atoms with van der Waals surface area (Å²) < 4.78 is 96.3. The van der Waals surface area contributed by atoms with Gasteiger partial charge in [-0.25, -0.2) is 4.98 Å². The topological polar surface area (TPSA) is 50.9 Å². The molecule has 6 aromatic carbocycles. The molecule has 1 N–H and O–H groups in total. The van der Waals surface area contributed by atoms with Gasteiger partial charge in [-0.1, -0.05) is 165 Å². The number of para-hydroxylation sites is 2. The van der Waals surface area contributed by atoms with Crippen LogP contribution in [0.15, 0.2) is 127 Å². The molecule has 2 heterocycles. The Morgan fingerprint density at radius 3 is 2.08 bits per heavy atom. The smallest absolute Gasteiger partial charge is 0.148 e. The number of rotatable bonds is 8. The molecule has 0 saturated carbocycles. The minimum absolute atomic E-state index is 0. The van der Waals surface area contributed by atoms with Gasteiger partial charge >= 0.3 is 0 Å². The van der Waals surface area contributed by atoms with E-state index in [1.54, 1.807) is 30.3 Å². The first kappa shape index (κ1) is 33.0. The van der Waals surface area contributed by atoms with Crippen molar-refractivity contribution in [2.75, 3.05) is 0 Å². The quantitative estimate of drug-likeness (QED) is 0.154. The second kappa shape index (κ2) is 17.5. The van der Waals surface area contributed by atoms with E-state index in [4.69, 9.17) is 25.0 Å². The van der Waals surface area contributed by atoms with Crippen molar-refractivity contribution in [1.82, 2.24) is 14.5 Å². The minimum atomic E-state index is -2.86. The van der Waals surface area contributed by atoms with E-state index in [1.165, 1.54) is 6.20 Å². The van der Waals surface area contributed by atoms with Crippen molar-refractivity contribution in [3.63, 3.8) is 0 Å². The standard InChI is InChI=1S/C58H60N3O.Pt/c1-35(2)42-28-43(36(3)4)30-44(29-42)40-23-24-52(38(6)27-40)61-53-18-14-15-48(54(53)60-56(61)49-16-13-17-50(55(49)62)58(10,11)12)45-31-46(33-47(32-45)57(7,8)9)51-34-41(25-26-59-51)39-21-19-37(5)20-22-39;/h13-30,32-36,62H,1-12H3;/q-1;/i5D3,6D3,19D,20D,21D,22D,35D;. The molecular weight excluding hydrogens is 950 g/mol. The molecule has 8 rings (SSSR count). The van der Waals surface area contributed by atoms with Crippen LogP contribution < -0.4 is 0 Å². The summed E-state index contributed by atoms with van der Waals surface area (Å²) in [5.41, 5.74) is 7.73. The Hall–Kier alpha value is -5.57. The van der Waals surface area contributed by atoms with Crippen molar-refractivity contribution >= 4 is 11.0 Å². The van der Waals surface area contributed by atoms with E-state index >= 15 is 0 Å². The molecule has 0 aliphatic heterocycles. The molecule has 0 spiro atoms. The van der Waals surface area contributed by atoms with Crippen LogP contribution in [0.25, 0.3) is 72.7 Å². The Morgan fingerprint density at radius 1 is 0.698 bits per heavy atom. The van der Waals surface area contributed by atoms with E-state index in [2.05, 4.69) is 46.8 Å². The summed E-state index contributed by atoms with van der Waals surface area (Å²) in [6.45, 7) is 14.6. The van der Waals surface area contributed by atoms with Crippen LogP contribution in [0.5, 0.6) is 5.75 Å². The number of benzene rings is 6. The van der Waals surface area contributed by atoms with Gasteiger partial charge in [-0.2, -0.15) is 0 Å². The van der Waals surface area contributed by atoms with Crippen LogP contribution in [0.4, 0.5) is 0 Å². The molecule has 0 radical (unpaired) electrons. The van der Waals surface area contributed by atoms with E-state index in [0.717, 1.165) is 22.3 Å². The molecule has 0 saturated heterocycles. The maximum atomic E-state index is 12.2. The molecule has 4 nitrogen and oxygen atoms in total. The number of hydrogen-bond donors (Lipinski definition) is 1. The van der Waals surface area contributed by atoms with Crippen LogP contribution >= 0.6 is 0 Å². The van der Waals surface area contributed by atoms with Crippen molar-refractivity contribution in [3.8, 4) is 67.5 Å². The number of hydrogen-bond acceptors (Lipinski definition) is 3. The molecule has 0 amide bonds. The Kier molecular flexibility index (Phi) is 9.19. The van der Waals surface area contributed by atoms with Gasteiger partial charge in [-0.15, -0.1) is 29.3 Å². The zero-order chi connectivity index (χ0) is 53.7. The summed E-state index contributed by atoms with van der Waals surface area (Å²) in [5.74, 6) is -0.416. The van der Waals surface area contributed by atoms with Crippen LogP contribution in [0.2, 0.25) is 0 Å². The molecule has 0 atom stereocenters. The summed E-state index contributed by atoms with van der Waals surface area (Å²) >= 11 is 0. The van der Waals surface area contributed by atoms with Gasteiger partial charge in [-0.3, -0.25) is 9.55 Å². The predicted octanol–water partition coefficient (Wildman–Crippen LogP) is 15.7. The SMILES string of the molecule is [2H]c1c([2H])c(C([2H])([2H])[2H])c([2H])c([2H])c1-c1ccnc(-c2[c-]c(-c3cccc4c3nc(-c3cccc(C(C)(C)C)c3O)n4-c3ccc(-c4cc(C(C)C)cc(C([2H])(C)C)c4)cc3C([2H])([2H])[2H])cc(C(C)(C)C)c2)c1.[Pt]. The fourth-order valence-electron chi connectivity index (χ4n) is 7.90. The molecule has 0 fully saturated rings. The summed E-state index contributed by atoms with van der Waals surface area (Å²) in [6.07, 6.45) is 1.50. The summed E-state index contributed by atoms with van der Waals surface area (Å²) in [5, 5.41) is 12.2. The number of fused-ring (bicyclic) bond motifs is 1. The largest absolute Gasteiger partial charge is 0.507 e. The van der Waals surface area contributed by atoms with Gasteiger partial charge in [0.1, 0.15) is 11.6 Å². The van der Waals surface area contributed by atoms with Gasteiger partial charge in [0.2, 0.25) is 0 Å². The van der Waals surface area contributed by atoms with E-state index < -0.39 is 60.2 Å². The van der Waals surface area contributed by atoms with Gasteiger partial charge in [0.15, 0.2) is 0 Å². The van der Waals surface area contributed by atoms with Crippen LogP contribution in [-0.4, -0.2) is 19.6 Å². The molecule has 0 aliphatic rings. The van der Waals surface area contributed by atoms with Crippen molar-refractivity contribution in [2.24, 2.45) is 0 Å². The number of imidazole rings is 1. The Labute approximate surface area is 405 Å². The number of aryl methyl sites for hydroxylation is 1. The van der Waals surface area contributed by atoms with Gasteiger partial charge in [0.05, 0.1) is 27.8 Å². The second-order valence-corrected chi connectivity index (χ2v) is 18.8. The zero-order valence-electron chi connectivity index (χ0n) is 48.5. The van der Waals surface area contributed by atoms with Crippen LogP contribution in [0.3, 0.4) is 0 Å². The van der Waals surface area contributed by atoms with Gasteiger partial charge in [-0.05, 0) is 111 Å². The summed E-state index contributed by atoms with van der Waals surface area (Å²) in [7, 11) is 0. The predicted molar refractivity (Wildman–Crippen MR) is 262 cm³/mol. The first-order valence-electron chi connectivity index (χ1n) is 26.6. The summed E-state index contributed by atoms with van der Waals surface area (Å²) in [6, 6.07) is 31.2. The van der Waals surface area contributed by atoms with Crippen molar-refractivity contribution in [1.29, 1.82) is 0 Å². The number of phenols is 1. The van der Waals surface area contributed by atoms with Crippen LogP contribution in [-0.2, 0) is 31.9 Å². The number of aromatic nitrogens is 3. The second-order valence-electron chi connectivity index (χ2n) is 18.8. The Morgan fingerprint density at radius 2 is 1.40 bits per heavy atom. The Balaban J connectivity index is 0.00000800. The third kappa shape index (κ3) is 9.11. The molecule has 0 bridgehead atoms. The molecule has 8 aromatic rings. The maximum absolute atomic E-state index is 12.2. The van der Waals surface area contributed by atoms with Crippen molar-refractivity contribution < 1.29 is 41.3 Å². The molecule has 324 valence electrons. The van der Waals surface area contributed by atoms with Crippen LogP contribution in [0, 0.1) is 19.8 Å². The molecule has 5 heteroatoms. The number of phenolic OH excluding ortho intramolecular Hbond substituents is 1. The monoisotopic (exact) mass is 1020 g/mol. The third-order valence-corrected chi connectivity index (χ3v) is 11.5. The molecule has 2 aromatic heterocycles. The van der Waals surface area contributed by atoms with E-state index in [1.807, 2.05) is 99.8 Å². The zero-order valence-corrected chi connectivity index (χ0v) is 39.8. The first-order chi connectivity index (χ1) is 33.8.